The molecule has 1 N–H and O–H groups in total. The quantitative estimate of drug-likeness (QED) is 0.749. The van der Waals surface area contributed by atoms with Crippen molar-refractivity contribution < 1.29 is 14.3 Å². The number of nitrogens with one attached hydrogen (secondary N) is 1. The van der Waals surface area contributed by atoms with Gasteiger partial charge in [-0.3, -0.25) is 9.59 Å². The van der Waals surface area contributed by atoms with Crippen molar-refractivity contribution in [1.29, 1.82) is 0 Å². The van der Waals surface area contributed by atoms with E-state index in [1.807, 2.05) is 36.4 Å². The standard InChI is InChI=1S/C28H34N2O3/c1-33-24-14-6-5-13-22(24)23-19-30(20-28(23)18-8-7-15-25(31)29-28)26(32)27(16-9-10-17-27)21-11-3-2-4-12-21/h2-6,11-14,23H,7-10,15-20H2,1H3,(H,29,31)/t23-,28+/m0/s1. The van der Waals surface area contributed by atoms with Crippen LogP contribution in [0.1, 0.15) is 68.4 Å². The topological polar surface area (TPSA) is 58.6 Å². The van der Waals surface area contributed by atoms with Gasteiger partial charge >= 0.3 is 0 Å². The molecule has 0 unspecified atom stereocenters. The zero-order chi connectivity index (χ0) is 22.9. The Morgan fingerprint density at radius 2 is 1.67 bits per heavy atom. The third-order valence-corrected chi connectivity index (χ3v) is 8.20. The van der Waals surface area contributed by atoms with Crippen LogP contribution >= 0.6 is 0 Å². The number of likely N-dealkylation sites (tertiary alicyclic amines) is 1. The number of methoxy groups -OCH3 is 1. The summed E-state index contributed by atoms with van der Waals surface area (Å²) < 4.78 is 5.72. The Morgan fingerprint density at radius 3 is 2.42 bits per heavy atom. The van der Waals surface area contributed by atoms with Crippen molar-refractivity contribution in [2.75, 3.05) is 20.2 Å². The molecule has 0 bridgehead atoms. The number of amides is 2. The fraction of sp³-hybridized carbons (Fsp3) is 0.500. The molecular formula is C28H34N2O3. The number of ether oxygens (including phenoxy) is 1. The minimum absolute atomic E-state index is 0.00822. The average molecular weight is 447 g/mol. The van der Waals surface area contributed by atoms with Gasteiger partial charge in [-0.2, -0.15) is 0 Å². The molecule has 2 heterocycles. The van der Waals surface area contributed by atoms with E-state index < -0.39 is 11.0 Å². The second kappa shape index (κ2) is 8.85. The summed E-state index contributed by atoms with van der Waals surface area (Å²) in [5.74, 6) is 1.16. The summed E-state index contributed by atoms with van der Waals surface area (Å²) in [5.41, 5.74) is 1.31. The second-order valence-corrected chi connectivity index (χ2v) is 10.0. The molecule has 1 spiro atoms. The number of carbonyl (C=O) groups is 2. The SMILES string of the molecule is COc1ccccc1[C@@H]1CN(C(=O)C2(c3ccccc3)CCCC2)C[C@]12CCCCC(=O)N2. The summed E-state index contributed by atoms with van der Waals surface area (Å²) in [6.45, 7) is 1.17. The van der Waals surface area contributed by atoms with E-state index in [1.165, 1.54) is 0 Å². The molecule has 5 nitrogen and oxygen atoms in total. The first-order valence-electron chi connectivity index (χ1n) is 12.4. The maximum absolute atomic E-state index is 14.3. The van der Waals surface area contributed by atoms with Crippen LogP contribution in [0.3, 0.4) is 0 Å². The van der Waals surface area contributed by atoms with Crippen LogP contribution in [-0.4, -0.2) is 42.5 Å². The van der Waals surface area contributed by atoms with Crippen molar-refractivity contribution in [3.8, 4) is 5.75 Å². The number of para-hydroxylation sites is 1. The van der Waals surface area contributed by atoms with Gasteiger partial charge in [0.25, 0.3) is 0 Å². The van der Waals surface area contributed by atoms with Crippen LogP contribution in [-0.2, 0) is 15.0 Å². The molecule has 0 radical (unpaired) electrons. The minimum atomic E-state index is -0.452. The number of rotatable bonds is 4. The smallest absolute Gasteiger partial charge is 0.233 e. The first-order chi connectivity index (χ1) is 16.1. The van der Waals surface area contributed by atoms with Crippen molar-refractivity contribution in [3.63, 3.8) is 0 Å². The predicted octanol–water partition coefficient (Wildman–Crippen LogP) is 4.56. The lowest BCUT2D eigenvalue weighted by molar-refractivity contribution is -0.137. The highest BCUT2D eigenvalue weighted by Gasteiger charge is 2.54. The lowest BCUT2D eigenvalue weighted by Crippen LogP contribution is -2.54. The fourth-order valence-corrected chi connectivity index (χ4v) is 6.59. The van der Waals surface area contributed by atoms with Gasteiger partial charge in [-0.05, 0) is 37.3 Å². The summed E-state index contributed by atoms with van der Waals surface area (Å²) in [6.07, 6.45) is 7.25. The Labute approximate surface area is 196 Å². The Morgan fingerprint density at radius 1 is 0.970 bits per heavy atom. The number of benzene rings is 2. The van der Waals surface area contributed by atoms with Gasteiger partial charge in [0.05, 0.1) is 18.1 Å². The first-order valence-corrected chi connectivity index (χ1v) is 12.4. The monoisotopic (exact) mass is 446 g/mol. The largest absolute Gasteiger partial charge is 0.496 e. The molecule has 5 rings (SSSR count). The molecule has 2 amide bonds. The third kappa shape index (κ3) is 3.81. The predicted molar refractivity (Wildman–Crippen MR) is 128 cm³/mol. The van der Waals surface area contributed by atoms with Crippen LogP contribution in [0.5, 0.6) is 5.75 Å². The lowest BCUT2D eigenvalue weighted by Gasteiger charge is -2.36. The van der Waals surface area contributed by atoms with E-state index in [-0.39, 0.29) is 17.7 Å². The van der Waals surface area contributed by atoms with Crippen LogP contribution in [0.15, 0.2) is 54.6 Å². The zero-order valence-corrected chi connectivity index (χ0v) is 19.5. The normalized spacial score (nSPS) is 26.8. The highest BCUT2D eigenvalue weighted by atomic mass is 16.5. The molecule has 2 aromatic rings. The van der Waals surface area contributed by atoms with Crippen LogP contribution in [0.2, 0.25) is 0 Å². The van der Waals surface area contributed by atoms with Gasteiger partial charge in [0.15, 0.2) is 0 Å². The second-order valence-electron chi connectivity index (χ2n) is 10.0. The van der Waals surface area contributed by atoms with Gasteiger partial charge in [0.2, 0.25) is 11.8 Å². The van der Waals surface area contributed by atoms with Gasteiger partial charge < -0.3 is 15.0 Å². The Bertz CT molecular complexity index is 1010. The van der Waals surface area contributed by atoms with Crippen molar-refractivity contribution >= 4 is 11.8 Å². The van der Waals surface area contributed by atoms with E-state index in [4.69, 9.17) is 4.74 Å². The third-order valence-electron chi connectivity index (χ3n) is 8.20. The molecular weight excluding hydrogens is 412 g/mol. The molecule has 2 aliphatic heterocycles. The highest BCUT2D eigenvalue weighted by molar-refractivity contribution is 5.89. The van der Waals surface area contributed by atoms with Crippen LogP contribution < -0.4 is 10.1 Å². The van der Waals surface area contributed by atoms with Crippen molar-refractivity contribution in [2.24, 2.45) is 0 Å². The summed E-state index contributed by atoms with van der Waals surface area (Å²) in [4.78, 5) is 29.1. The summed E-state index contributed by atoms with van der Waals surface area (Å²) in [6, 6.07) is 18.4. The zero-order valence-electron chi connectivity index (χ0n) is 19.5. The molecule has 174 valence electrons. The van der Waals surface area contributed by atoms with Crippen LogP contribution in [0.25, 0.3) is 0 Å². The van der Waals surface area contributed by atoms with Crippen molar-refractivity contribution in [3.05, 3.63) is 65.7 Å². The summed E-state index contributed by atoms with van der Waals surface area (Å²) in [5, 5.41) is 3.39. The van der Waals surface area contributed by atoms with E-state index in [1.54, 1.807) is 7.11 Å². The highest BCUT2D eigenvalue weighted by Crippen LogP contribution is 2.48. The Hall–Kier alpha value is -2.82. The van der Waals surface area contributed by atoms with E-state index in [0.29, 0.717) is 19.5 Å². The fourth-order valence-electron chi connectivity index (χ4n) is 6.59. The van der Waals surface area contributed by atoms with E-state index >= 15 is 0 Å². The molecule has 1 aliphatic carbocycles. The van der Waals surface area contributed by atoms with Gasteiger partial charge in [0.1, 0.15) is 5.75 Å². The minimum Gasteiger partial charge on any atom is -0.496 e. The maximum atomic E-state index is 14.3. The molecule has 2 saturated heterocycles. The average Bonchev–Trinajstić information content (AvgIpc) is 3.43. The van der Waals surface area contributed by atoms with Crippen molar-refractivity contribution in [1.82, 2.24) is 10.2 Å². The van der Waals surface area contributed by atoms with Gasteiger partial charge in [-0.25, -0.2) is 0 Å². The number of carbonyl (C=O) groups excluding carboxylic acids is 2. The van der Waals surface area contributed by atoms with E-state index in [2.05, 4.69) is 28.4 Å². The number of hydrogen-bond acceptors (Lipinski definition) is 3. The van der Waals surface area contributed by atoms with Crippen LogP contribution in [0, 0.1) is 0 Å². The maximum Gasteiger partial charge on any atom is 0.233 e. The molecule has 1 saturated carbocycles. The number of nitrogens with zero attached hydrogens (tertiary/aromatic N) is 1. The molecule has 3 fully saturated rings. The molecule has 33 heavy (non-hydrogen) atoms. The van der Waals surface area contributed by atoms with Crippen molar-refractivity contribution in [2.45, 2.75) is 68.2 Å². The van der Waals surface area contributed by atoms with Gasteiger partial charge in [0, 0.05) is 31.0 Å². The van der Waals surface area contributed by atoms with E-state index in [0.717, 1.165) is 61.8 Å². The first kappa shape index (κ1) is 22.0. The molecule has 2 atom stereocenters. The van der Waals surface area contributed by atoms with Crippen LogP contribution in [0.4, 0.5) is 0 Å². The summed E-state index contributed by atoms with van der Waals surface area (Å²) >= 11 is 0. The molecule has 0 aromatic heterocycles. The Kier molecular flexibility index (Phi) is 5.90. The summed E-state index contributed by atoms with van der Waals surface area (Å²) in [7, 11) is 1.69. The van der Waals surface area contributed by atoms with Gasteiger partial charge in [-0.1, -0.05) is 67.8 Å². The lowest BCUT2D eigenvalue weighted by atomic mass is 9.77. The molecule has 5 heteroatoms. The van der Waals surface area contributed by atoms with E-state index in [9.17, 15) is 9.59 Å². The molecule has 2 aromatic carbocycles. The Balaban J connectivity index is 1.54. The van der Waals surface area contributed by atoms with Gasteiger partial charge in [-0.15, -0.1) is 0 Å². The molecule has 3 aliphatic rings. The number of hydrogen-bond donors (Lipinski definition) is 1.